The fourth-order valence-corrected chi connectivity index (χ4v) is 4.13. The first-order valence-electron chi connectivity index (χ1n) is 9.41. The number of hydrogen-bond donors (Lipinski definition) is 4. The van der Waals surface area contributed by atoms with Gasteiger partial charge in [0.05, 0.1) is 6.04 Å². The minimum absolute atomic E-state index is 0.0946. The van der Waals surface area contributed by atoms with Crippen molar-refractivity contribution in [2.24, 2.45) is 5.16 Å². The number of nitrogens with one attached hydrogen (secondary N) is 2. The quantitative estimate of drug-likeness (QED) is 0.237. The van der Waals surface area contributed by atoms with Crippen molar-refractivity contribution in [2.45, 2.75) is 50.3 Å². The third-order valence-corrected chi connectivity index (χ3v) is 6.00. The molecule has 0 aromatic carbocycles. The van der Waals surface area contributed by atoms with Gasteiger partial charge in [0.25, 0.3) is 17.8 Å². The van der Waals surface area contributed by atoms with Crippen LogP contribution in [0.15, 0.2) is 10.5 Å². The number of carboxylic acid groups (broad SMARTS) is 1. The molecule has 3 heterocycles. The average Bonchev–Trinajstić information content (AvgIpc) is 3.49. The highest BCUT2D eigenvalue weighted by atomic mass is 32.1. The Morgan fingerprint density at radius 1 is 1.45 bits per heavy atom. The summed E-state index contributed by atoms with van der Waals surface area (Å²) in [5.74, 6) is -2.23. The zero-order chi connectivity index (χ0) is 22.2. The molecule has 2 amide bonds. The van der Waals surface area contributed by atoms with Gasteiger partial charge in [-0.1, -0.05) is 10.3 Å². The average molecular weight is 449 g/mol. The van der Waals surface area contributed by atoms with Gasteiger partial charge in [0.2, 0.25) is 5.60 Å². The molecule has 1 aliphatic heterocycles. The van der Waals surface area contributed by atoms with Crippen LogP contribution in [-0.4, -0.2) is 71.9 Å². The lowest BCUT2D eigenvalue weighted by Gasteiger charge is -2.42. The molecular weight excluding hydrogens is 430 g/mol. The van der Waals surface area contributed by atoms with Crippen LogP contribution < -0.4 is 16.0 Å². The summed E-state index contributed by atoms with van der Waals surface area (Å²) in [5, 5.41) is 30.9. The highest BCUT2D eigenvalue weighted by Gasteiger charge is 2.49. The van der Waals surface area contributed by atoms with Crippen LogP contribution in [0.2, 0.25) is 0 Å². The number of oxime groups is 1. The van der Waals surface area contributed by atoms with Crippen LogP contribution >= 0.6 is 11.3 Å². The van der Waals surface area contributed by atoms with Gasteiger partial charge in [0, 0.05) is 18.2 Å². The first-order valence-corrected chi connectivity index (χ1v) is 10.3. The van der Waals surface area contributed by atoms with Crippen LogP contribution in [-0.2, 0) is 19.2 Å². The molecule has 15 heteroatoms. The Balaban J connectivity index is 1.54. The minimum Gasteiger partial charge on any atom is -0.478 e. The maximum absolute atomic E-state index is 13.0. The number of thiazole rings is 1. The molecule has 0 radical (unpaired) electrons. The van der Waals surface area contributed by atoms with Crippen molar-refractivity contribution >= 4 is 45.9 Å². The highest BCUT2D eigenvalue weighted by Crippen LogP contribution is 2.34. The maximum atomic E-state index is 13.0. The Hall–Kier alpha value is -3.62. The van der Waals surface area contributed by atoms with Crippen molar-refractivity contribution in [1.29, 1.82) is 0 Å². The van der Waals surface area contributed by atoms with Crippen molar-refractivity contribution in [3.63, 3.8) is 0 Å². The van der Waals surface area contributed by atoms with Crippen LogP contribution in [0.4, 0.5) is 11.1 Å². The summed E-state index contributed by atoms with van der Waals surface area (Å²) in [6.07, 6.45) is 1.90. The summed E-state index contributed by atoms with van der Waals surface area (Å²) in [7, 11) is 0. The van der Waals surface area contributed by atoms with Crippen LogP contribution in [0.3, 0.4) is 0 Å². The van der Waals surface area contributed by atoms with Gasteiger partial charge in [-0.2, -0.15) is 5.21 Å². The van der Waals surface area contributed by atoms with Gasteiger partial charge in [-0.05, 0) is 25.0 Å². The van der Waals surface area contributed by atoms with Crippen molar-refractivity contribution in [3.05, 3.63) is 11.1 Å². The van der Waals surface area contributed by atoms with Gasteiger partial charge in [-0.3, -0.25) is 14.5 Å². The highest BCUT2D eigenvalue weighted by molar-refractivity contribution is 7.13. The number of carboxylic acids is 1. The topological polar surface area (TPSA) is 202 Å². The second-order valence-corrected chi connectivity index (χ2v) is 8.11. The third kappa shape index (κ3) is 3.67. The van der Waals surface area contributed by atoms with E-state index in [0.717, 1.165) is 11.3 Å². The lowest BCUT2D eigenvalue weighted by Crippen LogP contribution is -2.70. The Morgan fingerprint density at radius 2 is 2.19 bits per heavy atom. The molecule has 14 nitrogen and oxygen atoms in total. The predicted octanol–water partition coefficient (Wildman–Crippen LogP) is -0.723. The molecule has 0 spiro atoms. The fourth-order valence-electron chi connectivity index (χ4n) is 3.58. The lowest BCUT2D eigenvalue weighted by atomic mass is 9.97. The van der Waals surface area contributed by atoms with E-state index in [1.165, 1.54) is 10.3 Å². The number of β-lactam (4-membered cyclic amide) rings is 1. The first-order chi connectivity index (χ1) is 14.8. The number of nitrogens with zero attached hydrogens (tertiary/aromatic N) is 6. The molecule has 2 atom stereocenters. The number of amides is 2. The summed E-state index contributed by atoms with van der Waals surface area (Å²) < 4.78 is 0. The molecule has 2 fully saturated rings. The maximum Gasteiger partial charge on any atom is 0.350 e. The zero-order valence-electron chi connectivity index (χ0n) is 16.3. The monoisotopic (exact) mass is 449 g/mol. The molecule has 164 valence electrons. The molecule has 1 aliphatic carbocycles. The summed E-state index contributed by atoms with van der Waals surface area (Å²) >= 11 is 1.08. The molecule has 2 aromatic heterocycles. The van der Waals surface area contributed by atoms with Crippen molar-refractivity contribution in [3.8, 4) is 0 Å². The SMILES string of the molecule is C[C@H]1[C@H](NC(=O)/C(=N\OC2(C(=O)O)CCCC2)c2csc(N)n2)C(=O)N1c1nn[nH]n1. The van der Waals surface area contributed by atoms with Crippen molar-refractivity contribution < 1.29 is 24.3 Å². The van der Waals surface area contributed by atoms with Gasteiger partial charge < -0.3 is 21.0 Å². The Labute approximate surface area is 178 Å². The molecule has 1 saturated carbocycles. The second-order valence-electron chi connectivity index (χ2n) is 7.22. The Morgan fingerprint density at radius 3 is 2.74 bits per heavy atom. The molecule has 1 saturated heterocycles. The number of anilines is 2. The number of carbonyl (C=O) groups excluding carboxylic acids is 2. The van der Waals surface area contributed by atoms with Crippen molar-refractivity contribution in [1.82, 2.24) is 30.9 Å². The molecule has 31 heavy (non-hydrogen) atoms. The van der Waals surface area contributed by atoms with E-state index in [-0.39, 0.29) is 35.3 Å². The number of nitrogens with two attached hydrogens (primary N) is 1. The number of rotatable bonds is 7. The molecule has 0 unspecified atom stereocenters. The molecule has 0 bridgehead atoms. The second kappa shape index (κ2) is 7.90. The molecule has 2 aromatic rings. The third-order valence-electron chi connectivity index (χ3n) is 5.32. The summed E-state index contributed by atoms with van der Waals surface area (Å²) in [6, 6.07) is -1.32. The fraction of sp³-hybridized carbons (Fsp3) is 0.500. The van der Waals surface area contributed by atoms with Crippen LogP contribution in [0.1, 0.15) is 38.3 Å². The van der Waals surface area contributed by atoms with E-state index in [1.54, 1.807) is 6.92 Å². The largest absolute Gasteiger partial charge is 0.478 e. The number of aromatic amines is 1. The van der Waals surface area contributed by atoms with Gasteiger partial charge in [0.15, 0.2) is 10.8 Å². The number of aromatic nitrogens is 5. The number of nitrogen functional groups attached to an aromatic ring is 1. The van der Waals surface area contributed by atoms with E-state index in [2.05, 4.69) is 36.1 Å². The predicted molar refractivity (Wildman–Crippen MR) is 106 cm³/mol. The molecule has 2 aliphatic rings. The summed E-state index contributed by atoms with van der Waals surface area (Å²) in [5.41, 5.74) is 4.02. The normalized spacial score (nSPS) is 22.8. The molecule has 4 rings (SSSR count). The van der Waals surface area contributed by atoms with E-state index in [4.69, 9.17) is 10.6 Å². The zero-order valence-corrected chi connectivity index (χ0v) is 17.1. The van der Waals surface area contributed by atoms with Crippen LogP contribution in [0.25, 0.3) is 0 Å². The van der Waals surface area contributed by atoms with Crippen molar-refractivity contribution in [2.75, 3.05) is 10.6 Å². The van der Waals surface area contributed by atoms with E-state index in [9.17, 15) is 19.5 Å². The van der Waals surface area contributed by atoms with Gasteiger partial charge in [0.1, 0.15) is 11.7 Å². The number of H-pyrrole nitrogens is 1. The molecule has 5 N–H and O–H groups in total. The lowest BCUT2D eigenvalue weighted by molar-refractivity contribution is -0.165. The smallest absolute Gasteiger partial charge is 0.350 e. The Kier molecular flexibility index (Phi) is 5.26. The van der Waals surface area contributed by atoms with E-state index in [0.29, 0.717) is 12.8 Å². The first kappa shape index (κ1) is 20.6. The van der Waals surface area contributed by atoms with Crippen LogP contribution in [0, 0.1) is 0 Å². The molecular formula is C16H19N9O5S. The minimum atomic E-state index is -1.50. The number of carbonyl (C=O) groups is 3. The van der Waals surface area contributed by atoms with Crippen LogP contribution in [0.5, 0.6) is 0 Å². The summed E-state index contributed by atoms with van der Waals surface area (Å²) in [6.45, 7) is 1.70. The number of hydrogen-bond acceptors (Lipinski definition) is 11. The van der Waals surface area contributed by atoms with E-state index in [1.807, 2.05) is 0 Å². The van der Waals surface area contributed by atoms with Gasteiger partial charge >= 0.3 is 5.97 Å². The van der Waals surface area contributed by atoms with Gasteiger partial charge in [-0.25, -0.2) is 9.78 Å². The van der Waals surface area contributed by atoms with E-state index >= 15 is 0 Å². The number of aliphatic carboxylic acids is 1. The Bertz CT molecular complexity index is 1030. The standard InChI is InChI=1S/C16H19N9O5S/c1-7-9(12(27)25(7)15-20-23-24-21-15)19-11(26)10(8-6-31-14(17)18-8)22-30-16(13(28)29)4-2-3-5-16/h6-7,9H,2-5H2,1H3,(H2,17,18)(H,19,26)(H,28,29)(H,20,21,23,24)/b22-10-/t7-,9-/m0/s1. The van der Waals surface area contributed by atoms with Gasteiger partial charge in [-0.15, -0.1) is 16.4 Å². The number of tetrazole rings is 1. The van der Waals surface area contributed by atoms with E-state index < -0.39 is 35.5 Å². The summed E-state index contributed by atoms with van der Waals surface area (Å²) in [4.78, 5) is 47.9.